The van der Waals surface area contributed by atoms with E-state index in [2.05, 4.69) is 17.2 Å². The highest BCUT2D eigenvalue weighted by molar-refractivity contribution is 5.49. The molecule has 0 atom stereocenters. The summed E-state index contributed by atoms with van der Waals surface area (Å²) in [5, 5.41) is 11.9. The lowest BCUT2D eigenvalue weighted by atomic mass is 10.2. The highest BCUT2D eigenvalue weighted by Gasteiger charge is 2.02. The lowest BCUT2D eigenvalue weighted by molar-refractivity contribution is 0.283. The minimum Gasteiger partial charge on any atom is -0.490 e. The van der Waals surface area contributed by atoms with Crippen LogP contribution in [0.1, 0.15) is 32.6 Å². The molecule has 0 amide bonds. The Morgan fingerprint density at radius 3 is 3.00 bits per heavy atom. The lowest BCUT2D eigenvalue weighted by Gasteiger charge is -2.11. The number of pyridine rings is 1. The summed E-state index contributed by atoms with van der Waals surface area (Å²) < 4.78 is 5.60. The zero-order chi connectivity index (χ0) is 12.3. The Labute approximate surface area is 103 Å². The van der Waals surface area contributed by atoms with Gasteiger partial charge in [0.25, 0.3) is 0 Å². The van der Waals surface area contributed by atoms with Crippen molar-refractivity contribution in [2.45, 2.75) is 32.6 Å². The fourth-order valence-electron chi connectivity index (χ4n) is 1.47. The van der Waals surface area contributed by atoms with Crippen LogP contribution in [0.2, 0.25) is 0 Å². The Morgan fingerprint density at radius 1 is 1.35 bits per heavy atom. The topological polar surface area (TPSA) is 54.4 Å². The van der Waals surface area contributed by atoms with Crippen molar-refractivity contribution in [3.05, 3.63) is 18.3 Å². The standard InChI is InChI=1S/C13H22N2O2/c1-2-11-17-12-7-6-9-15-13(12)14-8-4-3-5-10-16/h6-7,9,16H,2-5,8,10-11H2,1H3,(H,14,15). The fourth-order valence-corrected chi connectivity index (χ4v) is 1.47. The van der Waals surface area contributed by atoms with Gasteiger partial charge in [-0.2, -0.15) is 0 Å². The molecule has 0 aliphatic carbocycles. The zero-order valence-electron chi connectivity index (χ0n) is 10.5. The summed E-state index contributed by atoms with van der Waals surface area (Å²) in [4.78, 5) is 4.26. The highest BCUT2D eigenvalue weighted by atomic mass is 16.5. The zero-order valence-corrected chi connectivity index (χ0v) is 10.5. The molecule has 4 heteroatoms. The lowest BCUT2D eigenvalue weighted by Crippen LogP contribution is -2.06. The van der Waals surface area contributed by atoms with E-state index in [4.69, 9.17) is 9.84 Å². The molecule has 0 bridgehead atoms. The second-order valence-corrected chi connectivity index (χ2v) is 3.91. The summed E-state index contributed by atoms with van der Waals surface area (Å²) in [5.41, 5.74) is 0. The van der Waals surface area contributed by atoms with E-state index in [0.717, 1.165) is 43.8 Å². The van der Waals surface area contributed by atoms with Gasteiger partial charge in [-0.15, -0.1) is 0 Å². The normalized spacial score (nSPS) is 10.2. The largest absolute Gasteiger partial charge is 0.490 e. The van der Waals surface area contributed by atoms with Crippen molar-refractivity contribution in [3.8, 4) is 5.75 Å². The van der Waals surface area contributed by atoms with E-state index < -0.39 is 0 Å². The Kier molecular flexibility index (Phi) is 7.14. The summed E-state index contributed by atoms with van der Waals surface area (Å²) in [7, 11) is 0. The van der Waals surface area contributed by atoms with Crippen LogP contribution in [0, 0.1) is 0 Å². The fraction of sp³-hybridized carbons (Fsp3) is 0.615. The predicted molar refractivity (Wildman–Crippen MR) is 69.4 cm³/mol. The Morgan fingerprint density at radius 2 is 2.24 bits per heavy atom. The predicted octanol–water partition coefficient (Wildman–Crippen LogP) is 2.44. The van der Waals surface area contributed by atoms with Crippen LogP contribution in [-0.2, 0) is 0 Å². The van der Waals surface area contributed by atoms with E-state index in [9.17, 15) is 0 Å². The van der Waals surface area contributed by atoms with Crippen LogP contribution in [0.15, 0.2) is 18.3 Å². The smallest absolute Gasteiger partial charge is 0.168 e. The maximum absolute atomic E-state index is 8.67. The second kappa shape index (κ2) is 8.82. The van der Waals surface area contributed by atoms with Gasteiger partial charge in [0.1, 0.15) is 0 Å². The molecule has 0 saturated heterocycles. The van der Waals surface area contributed by atoms with Crippen LogP contribution in [0.5, 0.6) is 5.75 Å². The van der Waals surface area contributed by atoms with Crippen molar-refractivity contribution in [1.82, 2.24) is 4.98 Å². The number of nitrogens with zero attached hydrogens (tertiary/aromatic N) is 1. The molecule has 0 saturated carbocycles. The van der Waals surface area contributed by atoms with Crippen molar-refractivity contribution in [3.63, 3.8) is 0 Å². The maximum Gasteiger partial charge on any atom is 0.168 e. The van der Waals surface area contributed by atoms with E-state index >= 15 is 0 Å². The first-order chi connectivity index (χ1) is 8.38. The third-order valence-corrected chi connectivity index (χ3v) is 2.36. The average molecular weight is 238 g/mol. The van der Waals surface area contributed by atoms with Gasteiger partial charge >= 0.3 is 0 Å². The molecule has 2 N–H and O–H groups in total. The SMILES string of the molecule is CCCOc1cccnc1NCCCCCO. The van der Waals surface area contributed by atoms with Crippen molar-refractivity contribution in [2.75, 3.05) is 25.1 Å². The van der Waals surface area contributed by atoms with Crippen LogP contribution < -0.4 is 10.1 Å². The van der Waals surface area contributed by atoms with Gasteiger partial charge in [-0.3, -0.25) is 0 Å². The van der Waals surface area contributed by atoms with Crippen molar-refractivity contribution in [2.24, 2.45) is 0 Å². The molecule has 0 spiro atoms. The maximum atomic E-state index is 8.67. The van der Waals surface area contributed by atoms with Gasteiger partial charge in [0, 0.05) is 19.3 Å². The molecule has 0 aliphatic rings. The number of aliphatic hydroxyl groups excluding tert-OH is 1. The van der Waals surface area contributed by atoms with Gasteiger partial charge in [-0.05, 0) is 37.8 Å². The first-order valence-corrected chi connectivity index (χ1v) is 6.31. The number of aromatic nitrogens is 1. The van der Waals surface area contributed by atoms with Gasteiger partial charge in [-0.25, -0.2) is 4.98 Å². The molecule has 1 aromatic rings. The number of hydrogen-bond donors (Lipinski definition) is 2. The van der Waals surface area contributed by atoms with Crippen molar-refractivity contribution >= 4 is 5.82 Å². The van der Waals surface area contributed by atoms with Gasteiger partial charge < -0.3 is 15.2 Å². The molecule has 0 radical (unpaired) electrons. The Bertz CT molecular complexity index is 305. The molecule has 1 aromatic heterocycles. The average Bonchev–Trinajstić information content (AvgIpc) is 2.37. The molecule has 0 aromatic carbocycles. The van der Waals surface area contributed by atoms with E-state index in [1.54, 1.807) is 6.20 Å². The summed E-state index contributed by atoms with van der Waals surface area (Å²) in [6, 6.07) is 3.81. The number of aliphatic hydroxyl groups is 1. The first kappa shape index (κ1) is 13.8. The molecule has 4 nitrogen and oxygen atoms in total. The molecule has 0 fully saturated rings. The number of ether oxygens (including phenoxy) is 1. The third kappa shape index (κ3) is 5.54. The molecule has 0 unspecified atom stereocenters. The minimum atomic E-state index is 0.272. The molecule has 17 heavy (non-hydrogen) atoms. The number of rotatable bonds is 9. The summed E-state index contributed by atoms with van der Waals surface area (Å²) >= 11 is 0. The van der Waals surface area contributed by atoms with E-state index in [1.807, 2.05) is 12.1 Å². The number of nitrogens with one attached hydrogen (secondary N) is 1. The molecular weight excluding hydrogens is 216 g/mol. The highest BCUT2D eigenvalue weighted by Crippen LogP contribution is 2.20. The van der Waals surface area contributed by atoms with Crippen LogP contribution >= 0.6 is 0 Å². The minimum absolute atomic E-state index is 0.272. The molecule has 0 aliphatic heterocycles. The van der Waals surface area contributed by atoms with Crippen molar-refractivity contribution in [1.29, 1.82) is 0 Å². The van der Waals surface area contributed by atoms with Crippen LogP contribution in [0.3, 0.4) is 0 Å². The van der Waals surface area contributed by atoms with Crippen LogP contribution in [0.4, 0.5) is 5.82 Å². The van der Waals surface area contributed by atoms with Gasteiger partial charge in [0.05, 0.1) is 6.61 Å². The van der Waals surface area contributed by atoms with Crippen LogP contribution in [0.25, 0.3) is 0 Å². The molecule has 96 valence electrons. The second-order valence-electron chi connectivity index (χ2n) is 3.91. The number of anilines is 1. The van der Waals surface area contributed by atoms with Crippen LogP contribution in [-0.4, -0.2) is 29.8 Å². The quantitative estimate of drug-likeness (QED) is 0.649. The Balaban J connectivity index is 2.35. The summed E-state index contributed by atoms with van der Waals surface area (Å²) in [6.07, 6.45) is 5.68. The van der Waals surface area contributed by atoms with Crippen molar-refractivity contribution < 1.29 is 9.84 Å². The first-order valence-electron chi connectivity index (χ1n) is 6.31. The van der Waals surface area contributed by atoms with E-state index in [0.29, 0.717) is 6.61 Å². The van der Waals surface area contributed by atoms with Gasteiger partial charge in [0.15, 0.2) is 11.6 Å². The monoisotopic (exact) mass is 238 g/mol. The number of unbranched alkanes of at least 4 members (excludes halogenated alkanes) is 2. The molecular formula is C13H22N2O2. The Hall–Kier alpha value is -1.29. The summed E-state index contributed by atoms with van der Waals surface area (Å²) in [5.74, 6) is 1.63. The molecule has 1 rings (SSSR count). The van der Waals surface area contributed by atoms with Gasteiger partial charge in [-0.1, -0.05) is 6.92 Å². The third-order valence-electron chi connectivity index (χ3n) is 2.36. The summed E-state index contributed by atoms with van der Waals surface area (Å²) in [6.45, 7) is 3.93. The van der Waals surface area contributed by atoms with E-state index in [-0.39, 0.29) is 6.61 Å². The van der Waals surface area contributed by atoms with E-state index in [1.165, 1.54) is 0 Å². The van der Waals surface area contributed by atoms with Gasteiger partial charge in [0.2, 0.25) is 0 Å². The number of hydrogen-bond acceptors (Lipinski definition) is 4. The molecule has 1 heterocycles.